The molecule has 0 saturated carbocycles. The van der Waals surface area contributed by atoms with E-state index in [1.54, 1.807) is 6.07 Å². The first-order chi connectivity index (χ1) is 10.5. The summed E-state index contributed by atoms with van der Waals surface area (Å²) in [5, 5.41) is 0. The second-order valence-electron chi connectivity index (χ2n) is 5.02. The lowest BCUT2D eigenvalue weighted by Gasteiger charge is -2.27. The number of benzene rings is 2. The van der Waals surface area contributed by atoms with E-state index >= 15 is 0 Å². The first-order valence-electron chi connectivity index (χ1n) is 6.72. The number of ether oxygens (including phenoxy) is 1. The minimum atomic E-state index is -3.80. The zero-order chi connectivity index (χ0) is 15.7. The Morgan fingerprint density at radius 2 is 2.05 bits per heavy atom. The maximum Gasteiger partial charge on any atom is 0.262 e. The van der Waals surface area contributed by atoms with E-state index in [0.717, 1.165) is 18.3 Å². The quantitative estimate of drug-likeness (QED) is 0.943. The topological polar surface area (TPSA) is 58.6 Å². The van der Waals surface area contributed by atoms with Crippen LogP contribution < -0.4 is 14.4 Å². The third kappa shape index (κ3) is 2.85. The summed E-state index contributed by atoms with van der Waals surface area (Å²) < 4.78 is 45.8. The summed E-state index contributed by atoms with van der Waals surface area (Å²) in [6, 6.07) is 9.99. The number of fused-ring (bicyclic) bond motifs is 1. The first-order valence-corrected chi connectivity index (χ1v) is 8.20. The molecule has 2 aromatic rings. The van der Waals surface area contributed by atoms with Crippen LogP contribution in [-0.4, -0.2) is 28.6 Å². The third-order valence-corrected chi connectivity index (χ3v) is 4.79. The summed E-state index contributed by atoms with van der Waals surface area (Å²) in [5.74, 6) is 0.0199. The predicted molar refractivity (Wildman–Crippen MR) is 82.4 cm³/mol. The Bertz CT molecular complexity index is 808. The Kier molecular flexibility index (Phi) is 3.66. The number of halogens is 1. The lowest BCUT2D eigenvalue weighted by atomic mass is 10.2. The van der Waals surface area contributed by atoms with E-state index in [1.807, 2.05) is 11.9 Å². The van der Waals surface area contributed by atoms with Gasteiger partial charge in [0.2, 0.25) is 0 Å². The highest BCUT2D eigenvalue weighted by Gasteiger charge is 2.20. The Morgan fingerprint density at radius 1 is 1.23 bits per heavy atom. The highest BCUT2D eigenvalue weighted by atomic mass is 32.2. The van der Waals surface area contributed by atoms with Gasteiger partial charge in [-0.05, 0) is 30.3 Å². The van der Waals surface area contributed by atoms with Crippen LogP contribution in [0.3, 0.4) is 0 Å². The minimum absolute atomic E-state index is 0.0748. The van der Waals surface area contributed by atoms with Crippen LogP contribution >= 0.6 is 0 Å². The van der Waals surface area contributed by atoms with Crippen molar-refractivity contribution < 1.29 is 17.5 Å². The standard InChI is InChI=1S/C15H15FN2O3S/c1-18-7-8-21-15-10-13(5-6-14(15)18)22(19,20)17-12-4-2-3-11(16)9-12/h2-6,9-10,17H,7-8H2,1H3. The average molecular weight is 322 g/mol. The number of rotatable bonds is 3. The maximum absolute atomic E-state index is 13.2. The summed E-state index contributed by atoms with van der Waals surface area (Å²) in [5.41, 5.74) is 1.02. The number of anilines is 2. The van der Waals surface area contributed by atoms with Crippen molar-refractivity contribution in [1.82, 2.24) is 0 Å². The number of likely N-dealkylation sites (N-methyl/N-ethyl adjacent to an activating group) is 1. The van der Waals surface area contributed by atoms with Crippen molar-refractivity contribution in [2.45, 2.75) is 4.90 Å². The zero-order valence-electron chi connectivity index (χ0n) is 11.9. The van der Waals surface area contributed by atoms with Gasteiger partial charge in [0, 0.05) is 13.1 Å². The zero-order valence-corrected chi connectivity index (χ0v) is 12.7. The molecular formula is C15H15FN2O3S. The predicted octanol–water partition coefficient (Wildman–Crippen LogP) is 2.46. The van der Waals surface area contributed by atoms with E-state index in [1.165, 1.54) is 30.3 Å². The van der Waals surface area contributed by atoms with Gasteiger partial charge in [-0.15, -0.1) is 0 Å². The third-order valence-electron chi connectivity index (χ3n) is 3.41. The van der Waals surface area contributed by atoms with Crippen molar-refractivity contribution >= 4 is 21.4 Å². The normalized spacial score (nSPS) is 14.2. The van der Waals surface area contributed by atoms with Gasteiger partial charge in [0.15, 0.2) is 0 Å². The van der Waals surface area contributed by atoms with Crippen LogP contribution in [-0.2, 0) is 10.0 Å². The fourth-order valence-electron chi connectivity index (χ4n) is 2.27. The van der Waals surface area contributed by atoms with Crippen molar-refractivity contribution in [3.8, 4) is 5.75 Å². The molecule has 0 unspecified atom stereocenters. The average Bonchev–Trinajstić information content (AvgIpc) is 2.47. The summed E-state index contributed by atoms with van der Waals surface area (Å²) >= 11 is 0. The minimum Gasteiger partial charge on any atom is -0.490 e. The molecule has 0 atom stereocenters. The molecule has 0 amide bonds. The fraction of sp³-hybridized carbons (Fsp3) is 0.200. The molecule has 1 N–H and O–H groups in total. The van der Waals surface area contributed by atoms with Crippen LogP contribution in [0.4, 0.5) is 15.8 Å². The molecule has 0 fully saturated rings. The van der Waals surface area contributed by atoms with Gasteiger partial charge in [-0.25, -0.2) is 12.8 Å². The molecule has 5 nitrogen and oxygen atoms in total. The van der Waals surface area contributed by atoms with Crippen LogP contribution in [0.2, 0.25) is 0 Å². The van der Waals surface area contributed by atoms with Gasteiger partial charge in [0.25, 0.3) is 10.0 Å². The van der Waals surface area contributed by atoms with Crippen LogP contribution in [0, 0.1) is 5.82 Å². The molecule has 22 heavy (non-hydrogen) atoms. The Balaban J connectivity index is 1.92. The number of hydrogen-bond donors (Lipinski definition) is 1. The smallest absolute Gasteiger partial charge is 0.262 e. The van der Waals surface area contributed by atoms with Gasteiger partial charge in [-0.3, -0.25) is 4.72 Å². The number of nitrogens with one attached hydrogen (secondary N) is 1. The van der Waals surface area contributed by atoms with E-state index in [-0.39, 0.29) is 10.6 Å². The molecule has 0 bridgehead atoms. The van der Waals surface area contributed by atoms with Gasteiger partial charge in [0.05, 0.1) is 22.8 Å². The Morgan fingerprint density at radius 3 is 2.82 bits per heavy atom. The molecule has 7 heteroatoms. The first kappa shape index (κ1) is 14.6. The van der Waals surface area contributed by atoms with Crippen LogP contribution in [0.5, 0.6) is 5.75 Å². The van der Waals surface area contributed by atoms with Gasteiger partial charge in [-0.2, -0.15) is 0 Å². The Hall–Kier alpha value is -2.28. The van der Waals surface area contributed by atoms with Gasteiger partial charge in [-0.1, -0.05) is 6.07 Å². The second kappa shape index (κ2) is 5.49. The highest BCUT2D eigenvalue weighted by molar-refractivity contribution is 7.92. The van der Waals surface area contributed by atoms with Crippen molar-refractivity contribution in [3.63, 3.8) is 0 Å². The summed E-state index contributed by atoms with van der Waals surface area (Å²) in [7, 11) is -1.88. The van der Waals surface area contributed by atoms with E-state index in [2.05, 4.69) is 4.72 Å². The SMILES string of the molecule is CN1CCOc2cc(S(=O)(=O)Nc3cccc(F)c3)ccc21. The Labute approximate surface area is 128 Å². The van der Waals surface area contributed by atoms with E-state index in [4.69, 9.17) is 4.74 Å². The molecule has 0 radical (unpaired) electrons. The van der Waals surface area contributed by atoms with Crippen molar-refractivity contribution in [2.24, 2.45) is 0 Å². The van der Waals surface area contributed by atoms with Crippen molar-refractivity contribution in [2.75, 3.05) is 29.8 Å². The lowest BCUT2D eigenvalue weighted by molar-refractivity contribution is 0.310. The molecular weight excluding hydrogens is 307 g/mol. The molecule has 0 saturated heterocycles. The molecule has 1 aliphatic rings. The van der Waals surface area contributed by atoms with E-state index in [9.17, 15) is 12.8 Å². The molecule has 2 aromatic carbocycles. The molecule has 3 rings (SSSR count). The molecule has 116 valence electrons. The highest BCUT2D eigenvalue weighted by Crippen LogP contribution is 2.33. The van der Waals surface area contributed by atoms with E-state index < -0.39 is 15.8 Å². The lowest BCUT2D eigenvalue weighted by Crippen LogP contribution is -2.29. The molecule has 1 aliphatic heterocycles. The van der Waals surface area contributed by atoms with Crippen LogP contribution in [0.15, 0.2) is 47.4 Å². The van der Waals surface area contributed by atoms with Gasteiger partial charge in [0.1, 0.15) is 18.2 Å². The van der Waals surface area contributed by atoms with Gasteiger partial charge >= 0.3 is 0 Å². The van der Waals surface area contributed by atoms with Crippen LogP contribution in [0.1, 0.15) is 0 Å². The van der Waals surface area contributed by atoms with E-state index in [0.29, 0.717) is 12.4 Å². The molecule has 0 aromatic heterocycles. The number of nitrogens with zero attached hydrogens (tertiary/aromatic N) is 1. The second-order valence-corrected chi connectivity index (χ2v) is 6.70. The summed E-state index contributed by atoms with van der Waals surface area (Å²) in [6.07, 6.45) is 0. The monoisotopic (exact) mass is 322 g/mol. The largest absolute Gasteiger partial charge is 0.490 e. The summed E-state index contributed by atoms with van der Waals surface area (Å²) in [6.45, 7) is 1.25. The number of hydrogen-bond acceptors (Lipinski definition) is 4. The molecule has 0 aliphatic carbocycles. The molecule has 0 spiro atoms. The van der Waals surface area contributed by atoms with Gasteiger partial charge < -0.3 is 9.64 Å². The fourth-order valence-corrected chi connectivity index (χ4v) is 3.34. The molecule has 1 heterocycles. The van der Waals surface area contributed by atoms with Crippen molar-refractivity contribution in [3.05, 3.63) is 48.3 Å². The maximum atomic E-state index is 13.2. The van der Waals surface area contributed by atoms with Crippen LogP contribution in [0.25, 0.3) is 0 Å². The summed E-state index contributed by atoms with van der Waals surface area (Å²) in [4.78, 5) is 2.07. The van der Waals surface area contributed by atoms with Crippen molar-refractivity contribution in [1.29, 1.82) is 0 Å². The number of sulfonamides is 1.